The lowest BCUT2D eigenvalue weighted by atomic mass is 10.1. The van der Waals surface area contributed by atoms with Crippen molar-refractivity contribution in [3.05, 3.63) is 38.3 Å². The van der Waals surface area contributed by atoms with E-state index in [1.54, 1.807) is 11.0 Å². The zero-order chi connectivity index (χ0) is 18.6. The molecule has 25 heavy (non-hydrogen) atoms. The fraction of sp³-hybridized carbons (Fsp3) is 0.438. The van der Waals surface area contributed by atoms with E-state index in [-0.39, 0.29) is 18.6 Å². The van der Waals surface area contributed by atoms with Crippen LogP contribution in [0.15, 0.2) is 24.1 Å². The second-order valence-electron chi connectivity index (χ2n) is 5.81. The quantitative estimate of drug-likeness (QED) is 0.612. The molecule has 6 nitrogen and oxygen atoms in total. The molecular formula is C16H20ClIN2O4S. The number of ether oxygens (including phenoxy) is 1. The van der Waals surface area contributed by atoms with Crippen LogP contribution in [0, 0.1) is 10.5 Å². The maximum atomic E-state index is 12.3. The first-order valence-corrected chi connectivity index (χ1v) is 10.7. The molecule has 1 aromatic rings. The van der Waals surface area contributed by atoms with Crippen LogP contribution in [0.25, 0.3) is 0 Å². The molecular weight excluding hydrogens is 479 g/mol. The van der Waals surface area contributed by atoms with Crippen molar-refractivity contribution in [1.82, 2.24) is 9.62 Å². The van der Waals surface area contributed by atoms with Crippen LogP contribution in [0.4, 0.5) is 0 Å². The van der Waals surface area contributed by atoms with E-state index in [1.165, 1.54) is 0 Å². The lowest BCUT2D eigenvalue weighted by Gasteiger charge is -2.32. The molecule has 1 aromatic carbocycles. The van der Waals surface area contributed by atoms with Gasteiger partial charge in [0.05, 0.1) is 5.02 Å². The number of hydrogen-bond acceptors (Lipinski definition) is 4. The number of hydrogen-bond donors (Lipinski definition) is 1. The summed E-state index contributed by atoms with van der Waals surface area (Å²) in [5.74, 6) is 0.343. The van der Waals surface area contributed by atoms with Gasteiger partial charge in [0, 0.05) is 28.1 Å². The number of rotatable bonds is 6. The van der Waals surface area contributed by atoms with Crippen molar-refractivity contribution in [3.63, 3.8) is 0 Å². The molecule has 0 spiro atoms. The van der Waals surface area contributed by atoms with E-state index in [0.29, 0.717) is 36.7 Å². The highest BCUT2D eigenvalue weighted by atomic mass is 127. The number of nitrogens with zero attached hydrogens (tertiary/aromatic N) is 1. The first-order valence-electron chi connectivity index (χ1n) is 7.73. The van der Waals surface area contributed by atoms with Crippen molar-refractivity contribution in [2.45, 2.75) is 25.8 Å². The summed E-state index contributed by atoms with van der Waals surface area (Å²) in [5.41, 5.74) is 1.05. The van der Waals surface area contributed by atoms with Gasteiger partial charge in [-0.3, -0.25) is 4.79 Å². The molecule has 1 aliphatic heterocycles. The predicted molar refractivity (Wildman–Crippen MR) is 106 cm³/mol. The van der Waals surface area contributed by atoms with Gasteiger partial charge in [-0.1, -0.05) is 18.2 Å². The highest BCUT2D eigenvalue weighted by Gasteiger charge is 2.25. The minimum Gasteiger partial charge on any atom is -0.482 e. The van der Waals surface area contributed by atoms with Gasteiger partial charge in [0.1, 0.15) is 5.75 Å². The topological polar surface area (TPSA) is 75.7 Å². The molecule has 0 atom stereocenters. The second-order valence-corrected chi connectivity index (χ2v) is 9.03. The standard InChI is InChI=1S/C16H20ClIN2O4S/c1-3-25(22,23)19-12-4-6-20(7-5-12)16(21)10-24-15-9-14(18)11(2)8-13(15)17/h3,8-9,12,19H,1,4-7,10H2,2H3. The number of aryl methyl sites for hydroxylation is 1. The third kappa shape index (κ3) is 5.83. The van der Waals surface area contributed by atoms with E-state index in [2.05, 4.69) is 33.9 Å². The maximum Gasteiger partial charge on any atom is 0.260 e. The van der Waals surface area contributed by atoms with E-state index in [4.69, 9.17) is 16.3 Å². The molecule has 1 heterocycles. The Hall–Kier alpha value is -0.840. The van der Waals surface area contributed by atoms with Gasteiger partial charge < -0.3 is 9.64 Å². The minimum atomic E-state index is -3.45. The summed E-state index contributed by atoms with van der Waals surface area (Å²) in [7, 11) is -3.45. The molecule has 1 N–H and O–H groups in total. The number of nitrogens with one attached hydrogen (secondary N) is 1. The van der Waals surface area contributed by atoms with Gasteiger partial charge in [0.25, 0.3) is 5.91 Å². The fourth-order valence-electron chi connectivity index (χ4n) is 2.50. The number of sulfonamides is 1. The Morgan fingerprint density at radius 2 is 2.12 bits per heavy atom. The predicted octanol–water partition coefficient (Wildman–Crippen LogP) is 2.69. The molecule has 0 bridgehead atoms. The first kappa shape index (κ1) is 20.5. The third-order valence-electron chi connectivity index (χ3n) is 3.96. The van der Waals surface area contributed by atoms with Gasteiger partial charge in [-0.05, 0) is 60.1 Å². The summed E-state index contributed by atoms with van der Waals surface area (Å²) in [4.78, 5) is 14.0. The Bertz CT molecular complexity index is 762. The Morgan fingerprint density at radius 1 is 1.48 bits per heavy atom. The average molecular weight is 499 g/mol. The van der Waals surface area contributed by atoms with Crippen molar-refractivity contribution in [2.24, 2.45) is 0 Å². The van der Waals surface area contributed by atoms with Gasteiger partial charge >= 0.3 is 0 Å². The zero-order valence-corrected chi connectivity index (χ0v) is 17.5. The Morgan fingerprint density at radius 3 is 2.72 bits per heavy atom. The molecule has 9 heteroatoms. The lowest BCUT2D eigenvalue weighted by Crippen LogP contribution is -2.47. The van der Waals surface area contributed by atoms with Gasteiger partial charge in [-0.25, -0.2) is 13.1 Å². The van der Waals surface area contributed by atoms with Crippen molar-refractivity contribution < 1.29 is 17.9 Å². The smallest absolute Gasteiger partial charge is 0.260 e. The number of piperidine rings is 1. The highest BCUT2D eigenvalue weighted by molar-refractivity contribution is 14.1. The van der Waals surface area contributed by atoms with E-state index in [9.17, 15) is 13.2 Å². The number of amides is 1. The second kappa shape index (κ2) is 8.70. The van der Waals surface area contributed by atoms with Crippen LogP contribution in [0.3, 0.4) is 0 Å². The van der Waals surface area contributed by atoms with Crippen LogP contribution in [0.2, 0.25) is 5.02 Å². The maximum absolute atomic E-state index is 12.3. The summed E-state index contributed by atoms with van der Waals surface area (Å²) >= 11 is 8.32. The number of carbonyl (C=O) groups excluding carboxylic acids is 1. The van der Waals surface area contributed by atoms with Crippen molar-refractivity contribution in [1.29, 1.82) is 0 Å². The molecule has 0 radical (unpaired) electrons. The summed E-state index contributed by atoms with van der Waals surface area (Å²) in [5, 5.41) is 1.37. The minimum absolute atomic E-state index is 0.0953. The van der Waals surface area contributed by atoms with Crippen molar-refractivity contribution in [2.75, 3.05) is 19.7 Å². The normalized spacial score (nSPS) is 15.9. The first-order chi connectivity index (χ1) is 11.7. The highest BCUT2D eigenvalue weighted by Crippen LogP contribution is 2.29. The lowest BCUT2D eigenvalue weighted by molar-refractivity contribution is -0.134. The molecule has 1 saturated heterocycles. The van der Waals surface area contributed by atoms with Crippen LogP contribution < -0.4 is 9.46 Å². The SMILES string of the molecule is C=CS(=O)(=O)NC1CCN(C(=O)COc2cc(I)c(C)cc2Cl)CC1. The summed E-state index contributed by atoms with van der Waals surface area (Å²) in [6.07, 6.45) is 1.12. The fourth-order valence-corrected chi connectivity index (χ4v) is 4.00. The molecule has 0 unspecified atom stereocenters. The van der Waals surface area contributed by atoms with Crippen molar-refractivity contribution >= 4 is 50.1 Å². The van der Waals surface area contributed by atoms with Gasteiger partial charge in [0.15, 0.2) is 6.61 Å². The average Bonchev–Trinajstić information content (AvgIpc) is 2.57. The molecule has 2 rings (SSSR count). The molecule has 0 saturated carbocycles. The van der Waals surface area contributed by atoms with E-state index in [1.807, 2.05) is 13.0 Å². The summed E-state index contributed by atoms with van der Waals surface area (Å²) in [6, 6.07) is 3.43. The molecule has 1 aliphatic rings. The van der Waals surface area contributed by atoms with E-state index in [0.717, 1.165) is 14.5 Å². The molecule has 0 aromatic heterocycles. The van der Waals surface area contributed by atoms with Crippen LogP contribution in [-0.4, -0.2) is 45.0 Å². The monoisotopic (exact) mass is 498 g/mol. The van der Waals surface area contributed by atoms with Gasteiger partial charge in [-0.15, -0.1) is 0 Å². The number of benzene rings is 1. The Balaban J connectivity index is 1.85. The van der Waals surface area contributed by atoms with E-state index < -0.39 is 10.0 Å². The molecule has 138 valence electrons. The van der Waals surface area contributed by atoms with Crippen LogP contribution in [-0.2, 0) is 14.8 Å². The number of halogens is 2. The Labute approximate surface area is 166 Å². The van der Waals surface area contributed by atoms with Gasteiger partial charge in [0.2, 0.25) is 10.0 Å². The van der Waals surface area contributed by atoms with E-state index >= 15 is 0 Å². The largest absolute Gasteiger partial charge is 0.482 e. The molecule has 1 amide bonds. The third-order valence-corrected chi connectivity index (χ3v) is 6.52. The van der Waals surface area contributed by atoms with Crippen LogP contribution in [0.5, 0.6) is 5.75 Å². The number of likely N-dealkylation sites (tertiary alicyclic amines) is 1. The number of carbonyl (C=O) groups is 1. The zero-order valence-electron chi connectivity index (χ0n) is 13.8. The Kier molecular flexibility index (Phi) is 7.12. The summed E-state index contributed by atoms with van der Waals surface area (Å²) in [6.45, 7) is 6.08. The van der Waals surface area contributed by atoms with Gasteiger partial charge in [-0.2, -0.15) is 0 Å². The van der Waals surface area contributed by atoms with Crippen LogP contribution in [0.1, 0.15) is 18.4 Å². The molecule has 1 fully saturated rings. The van der Waals surface area contributed by atoms with Crippen LogP contribution >= 0.6 is 34.2 Å². The summed E-state index contributed by atoms with van der Waals surface area (Å²) < 4.78 is 32.1. The van der Waals surface area contributed by atoms with Crippen molar-refractivity contribution in [3.8, 4) is 5.75 Å². The molecule has 0 aliphatic carbocycles.